The Morgan fingerprint density at radius 2 is 2.13 bits per heavy atom. The fourth-order valence-electron chi connectivity index (χ4n) is 6.49. The van der Waals surface area contributed by atoms with Gasteiger partial charge in [-0.25, -0.2) is 8.78 Å². The van der Waals surface area contributed by atoms with E-state index in [-0.39, 0.29) is 34.9 Å². The molecule has 5 nitrogen and oxygen atoms in total. The number of aromatic nitrogens is 1. The van der Waals surface area contributed by atoms with E-state index >= 15 is 0 Å². The van der Waals surface area contributed by atoms with Gasteiger partial charge in [-0.1, -0.05) is 13.3 Å². The Balaban J connectivity index is 1.67. The van der Waals surface area contributed by atoms with Gasteiger partial charge in [0.05, 0.1) is 17.7 Å². The fraction of sp³-hybridized carbons (Fsp3) is 0.609. The number of nitrogens with two attached hydrogens (primary N) is 1. The van der Waals surface area contributed by atoms with E-state index in [4.69, 9.17) is 17.3 Å². The molecular formula is C23H29ClF2N4O. The van der Waals surface area contributed by atoms with Crippen LogP contribution >= 0.6 is 11.6 Å². The third-order valence-electron chi connectivity index (χ3n) is 7.67. The molecule has 0 saturated heterocycles. The van der Waals surface area contributed by atoms with Crippen molar-refractivity contribution in [3.8, 4) is 0 Å². The lowest BCUT2D eigenvalue weighted by molar-refractivity contribution is -0.143. The van der Waals surface area contributed by atoms with Gasteiger partial charge in [-0.3, -0.25) is 10.1 Å². The molecule has 3 fully saturated rings. The number of alkyl halides is 1. The summed E-state index contributed by atoms with van der Waals surface area (Å²) in [7, 11) is 0. The van der Waals surface area contributed by atoms with Crippen LogP contribution in [0.1, 0.15) is 62.7 Å². The quantitative estimate of drug-likeness (QED) is 0.458. The van der Waals surface area contributed by atoms with Gasteiger partial charge < -0.3 is 15.6 Å². The molecule has 2 heterocycles. The summed E-state index contributed by atoms with van der Waals surface area (Å²) in [6.45, 7) is 2.87. The highest BCUT2D eigenvalue weighted by molar-refractivity contribution is 6.27. The molecule has 4 N–H and O–H groups in total. The molecule has 31 heavy (non-hydrogen) atoms. The molecule has 2 aromatic rings. The first kappa shape index (κ1) is 21.2. The van der Waals surface area contributed by atoms with Gasteiger partial charge in [0.1, 0.15) is 17.5 Å². The molecule has 2 bridgehead atoms. The van der Waals surface area contributed by atoms with Gasteiger partial charge in [0.25, 0.3) is 0 Å². The molecular weight excluding hydrogens is 422 g/mol. The van der Waals surface area contributed by atoms with E-state index in [2.05, 4.69) is 17.2 Å². The number of hydrogen-bond donors (Lipinski definition) is 3. The lowest BCUT2D eigenvalue weighted by atomic mass is 9.59. The summed E-state index contributed by atoms with van der Waals surface area (Å²) >= 11 is 6.06. The van der Waals surface area contributed by atoms with E-state index < -0.39 is 11.6 Å². The monoisotopic (exact) mass is 450 g/mol. The van der Waals surface area contributed by atoms with Crippen LogP contribution in [0, 0.1) is 17.0 Å². The molecule has 6 rings (SSSR count). The molecule has 168 valence electrons. The summed E-state index contributed by atoms with van der Waals surface area (Å²) in [5.41, 5.74) is 8.17. The second-order valence-corrected chi connectivity index (χ2v) is 10.0. The maximum Gasteiger partial charge on any atom is 0.239 e. The number of amides is 1. The van der Waals surface area contributed by atoms with Crippen LogP contribution < -0.4 is 11.1 Å². The minimum absolute atomic E-state index is 0.120. The predicted octanol–water partition coefficient (Wildman–Crippen LogP) is 4.10. The van der Waals surface area contributed by atoms with Crippen LogP contribution in [-0.2, 0) is 11.2 Å². The molecule has 1 amide bonds. The number of hydrogen-bond acceptors (Lipinski definition) is 3. The number of fused-ring (bicyclic) bond motifs is 4. The van der Waals surface area contributed by atoms with E-state index in [9.17, 15) is 13.6 Å². The lowest BCUT2D eigenvalue weighted by Crippen LogP contribution is -2.62. The fourth-order valence-corrected chi connectivity index (χ4v) is 6.63. The van der Waals surface area contributed by atoms with E-state index in [1.807, 2.05) is 4.90 Å². The van der Waals surface area contributed by atoms with Gasteiger partial charge in [-0.15, -0.1) is 11.6 Å². The molecule has 1 aromatic heterocycles. The van der Waals surface area contributed by atoms with Gasteiger partial charge >= 0.3 is 0 Å². The van der Waals surface area contributed by atoms with Crippen molar-refractivity contribution in [3.05, 3.63) is 35.0 Å². The number of carbonyl (C=O) groups excluding carboxylic acids is 1. The normalized spacial score (nSPS) is 31.7. The van der Waals surface area contributed by atoms with E-state index in [0.29, 0.717) is 17.3 Å². The van der Waals surface area contributed by atoms with Gasteiger partial charge in [0, 0.05) is 34.5 Å². The van der Waals surface area contributed by atoms with Gasteiger partial charge in [0.2, 0.25) is 5.91 Å². The Morgan fingerprint density at radius 3 is 2.77 bits per heavy atom. The van der Waals surface area contributed by atoms with Crippen LogP contribution in [0.25, 0.3) is 10.9 Å². The van der Waals surface area contributed by atoms with Crippen LogP contribution in [0.2, 0.25) is 0 Å². The smallest absolute Gasteiger partial charge is 0.239 e. The molecule has 8 heteroatoms. The summed E-state index contributed by atoms with van der Waals surface area (Å²) < 4.78 is 28.8. The molecule has 0 spiro atoms. The molecule has 1 aromatic carbocycles. The Morgan fingerprint density at radius 1 is 1.35 bits per heavy atom. The number of nitrogens with one attached hydrogen (secondary N) is 2. The first-order valence-corrected chi connectivity index (χ1v) is 11.7. The SMILES string of the molecule is CCCCN[C@H]1Cc2c([nH]c3c(F)cc(F)cc23)[C@H](C23CCC(N)(C2)C3)N1C(=O)CCl. The first-order valence-electron chi connectivity index (χ1n) is 11.2. The Kier molecular flexibility index (Phi) is 5.07. The number of carbonyl (C=O) groups is 1. The molecule has 2 atom stereocenters. The van der Waals surface area contributed by atoms with Crippen molar-refractivity contribution >= 4 is 28.4 Å². The Bertz CT molecular complexity index is 1030. The maximum absolute atomic E-state index is 14.7. The number of nitrogens with zero attached hydrogens (tertiary/aromatic N) is 1. The summed E-state index contributed by atoms with van der Waals surface area (Å²) in [5.74, 6) is -1.47. The zero-order valence-electron chi connectivity index (χ0n) is 17.7. The van der Waals surface area contributed by atoms with Crippen molar-refractivity contribution in [2.45, 2.75) is 69.6 Å². The van der Waals surface area contributed by atoms with Gasteiger partial charge in [0.15, 0.2) is 0 Å². The third-order valence-corrected chi connectivity index (χ3v) is 7.90. The molecule has 3 aliphatic carbocycles. The maximum atomic E-state index is 14.7. The number of unbranched alkanes of at least 4 members (excludes halogenated alkanes) is 1. The highest BCUT2D eigenvalue weighted by Gasteiger charge is 2.65. The van der Waals surface area contributed by atoms with Crippen LogP contribution in [0.15, 0.2) is 12.1 Å². The van der Waals surface area contributed by atoms with Crippen molar-refractivity contribution in [3.63, 3.8) is 0 Å². The van der Waals surface area contributed by atoms with Crippen molar-refractivity contribution in [2.24, 2.45) is 11.1 Å². The molecule has 0 radical (unpaired) electrons. The van der Waals surface area contributed by atoms with Crippen LogP contribution in [0.3, 0.4) is 0 Å². The van der Waals surface area contributed by atoms with Crippen molar-refractivity contribution in [2.75, 3.05) is 12.4 Å². The molecule has 4 aliphatic rings. The number of H-pyrrole nitrogens is 1. The second kappa shape index (κ2) is 7.42. The molecule has 3 saturated carbocycles. The zero-order valence-corrected chi connectivity index (χ0v) is 18.5. The standard InChI is InChI=1S/C23H29ClF2N4O/c1-2-3-6-28-17-9-15-14-7-13(25)8-16(26)19(14)29-20(15)21(30(17)18(31)10-24)22-4-5-23(27,11-22)12-22/h7-8,17,21,28-29H,2-6,9-12,27H2,1H3/t17-,21-,22?,23?/m1/s1. The van der Waals surface area contributed by atoms with E-state index in [0.717, 1.165) is 62.4 Å². The number of benzene rings is 1. The van der Waals surface area contributed by atoms with Crippen molar-refractivity contribution in [1.82, 2.24) is 15.2 Å². The number of aromatic amines is 1. The minimum atomic E-state index is -0.612. The van der Waals surface area contributed by atoms with Crippen LogP contribution in [0.4, 0.5) is 8.78 Å². The Hall–Kier alpha value is -1.70. The average Bonchev–Trinajstić information content (AvgIpc) is 3.35. The number of halogens is 3. The van der Waals surface area contributed by atoms with Crippen LogP contribution in [-0.4, -0.2) is 39.9 Å². The minimum Gasteiger partial charge on any atom is -0.354 e. The zero-order chi connectivity index (χ0) is 22.0. The highest BCUT2D eigenvalue weighted by Crippen LogP contribution is 2.67. The lowest BCUT2D eigenvalue weighted by Gasteiger charge is -2.56. The van der Waals surface area contributed by atoms with Crippen LogP contribution in [0.5, 0.6) is 0 Å². The van der Waals surface area contributed by atoms with E-state index in [1.165, 1.54) is 6.07 Å². The highest BCUT2D eigenvalue weighted by atomic mass is 35.5. The summed E-state index contributed by atoms with van der Waals surface area (Å²) in [6.07, 6.45) is 5.68. The molecule has 0 unspecified atom stereocenters. The van der Waals surface area contributed by atoms with Crippen molar-refractivity contribution < 1.29 is 13.6 Å². The summed E-state index contributed by atoms with van der Waals surface area (Å²) in [4.78, 5) is 18.3. The molecule has 1 aliphatic heterocycles. The van der Waals surface area contributed by atoms with Gasteiger partial charge in [-0.05, 0) is 50.3 Å². The third kappa shape index (κ3) is 3.19. The average molecular weight is 451 g/mol. The summed E-state index contributed by atoms with van der Waals surface area (Å²) in [5, 5.41) is 4.08. The van der Waals surface area contributed by atoms with Crippen molar-refractivity contribution in [1.29, 1.82) is 0 Å². The van der Waals surface area contributed by atoms with E-state index in [1.54, 1.807) is 0 Å². The first-order chi connectivity index (χ1) is 14.8. The topological polar surface area (TPSA) is 74.2 Å². The number of rotatable bonds is 6. The summed E-state index contributed by atoms with van der Waals surface area (Å²) in [6, 6.07) is 2.02. The second-order valence-electron chi connectivity index (χ2n) is 9.77. The Labute approximate surface area is 185 Å². The predicted molar refractivity (Wildman–Crippen MR) is 117 cm³/mol. The van der Waals surface area contributed by atoms with Gasteiger partial charge in [-0.2, -0.15) is 0 Å². The largest absolute Gasteiger partial charge is 0.354 e.